The van der Waals surface area contributed by atoms with Gasteiger partial charge in [-0.3, -0.25) is 9.48 Å². The fourth-order valence-electron chi connectivity index (χ4n) is 3.85. The maximum Gasteiger partial charge on any atom is 0.272 e. The summed E-state index contributed by atoms with van der Waals surface area (Å²) < 4.78 is 13.4. The van der Waals surface area contributed by atoms with E-state index in [0.29, 0.717) is 17.7 Å². The molecule has 7 heteroatoms. The monoisotopic (exact) mass is 351 g/mol. The van der Waals surface area contributed by atoms with Gasteiger partial charge in [0.15, 0.2) is 0 Å². The van der Waals surface area contributed by atoms with Gasteiger partial charge in [-0.1, -0.05) is 0 Å². The van der Waals surface area contributed by atoms with E-state index in [9.17, 15) is 4.79 Å². The Morgan fingerprint density at radius 2 is 2.25 bits per heavy atom. The Hall–Kier alpha value is -1.05. The largest absolute Gasteiger partial charge is 0.381 e. The molecule has 4 rings (SSSR count). The van der Waals surface area contributed by atoms with Gasteiger partial charge in [0, 0.05) is 51.9 Å². The van der Waals surface area contributed by atoms with Crippen LogP contribution in [-0.4, -0.2) is 70.1 Å². The first kappa shape index (κ1) is 16.4. The summed E-state index contributed by atoms with van der Waals surface area (Å²) >= 11 is 1.98. The van der Waals surface area contributed by atoms with Crippen LogP contribution in [0.15, 0.2) is 12.3 Å². The summed E-state index contributed by atoms with van der Waals surface area (Å²) in [7, 11) is 1.81. The van der Waals surface area contributed by atoms with Gasteiger partial charge in [-0.15, -0.1) is 11.8 Å². The van der Waals surface area contributed by atoms with Gasteiger partial charge in [-0.2, -0.15) is 5.10 Å². The highest BCUT2D eigenvalue weighted by atomic mass is 32.2. The number of thioether (sulfide) groups is 1. The fraction of sp³-hybridized carbons (Fsp3) is 0.765. The van der Waals surface area contributed by atoms with Crippen LogP contribution in [-0.2, 0) is 16.5 Å². The van der Waals surface area contributed by atoms with Crippen molar-refractivity contribution in [2.45, 2.75) is 30.1 Å². The van der Waals surface area contributed by atoms with Gasteiger partial charge >= 0.3 is 0 Å². The zero-order chi connectivity index (χ0) is 16.6. The number of carbonyl (C=O) groups is 1. The van der Waals surface area contributed by atoms with Gasteiger partial charge in [-0.25, -0.2) is 0 Å². The Morgan fingerprint density at radius 3 is 2.96 bits per heavy atom. The summed E-state index contributed by atoms with van der Waals surface area (Å²) in [4.78, 5) is 14.4. The number of nitrogens with zero attached hydrogens (tertiary/aromatic N) is 3. The van der Waals surface area contributed by atoms with Crippen molar-refractivity contribution >= 4 is 17.7 Å². The van der Waals surface area contributed by atoms with Gasteiger partial charge in [0.25, 0.3) is 5.91 Å². The fourth-order valence-corrected chi connectivity index (χ4v) is 5.41. The van der Waals surface area contributed by atoms with Crippen molar-refractivity contribution in [1.29, 1.82) is 0 Å². The van der Waals surface area contributed by atoms with Gasteiger partial charge in [0.2, 0.25) is 0 Å². The van der Waals surface area contributed by atoms with Crippen LogP contribution in [0.4, 0.5) is 0 Å². The molecule has 0 bridgehead atoms. The van der Waals surface area contributed by atoms with Crippen molar-refractivity contribution in [3.05, 3.63) is 18.0 Å². The lowest BCUT2D eigenvalue weighted by atomic mass is 9.92. The lowest BCUT2D eigenvalue weighted by Crippen LogP contribution is -2.61. The number of aryl methyl sites for hydroxylation is 1. The maximum absolute atomic E-state index is 12.5. The quantitative estimate of drug-likeness (QED) is 0.824. The summed E-state index contributed by atoms with van der Waals surface area (Å²) in [6.45, 7) is 4.28. The molecule has 3 aliphatic heterocycles. The van der Waals surface area contributed by atoms with Crippen LogP contribution in [0.25, 0.3) is 0 Å². The summed E-state index contributed by atoms with van der Waals surface area (Å²) in [5, 5.41) is 4.08. The molecule has 1 atom stereocenters. The normalized spacial score (nSPS) is 26.7. The van der Waals surface area contributed by atoms with E-state index < -0.39 is 0 Å². The SMILES string of the molecule is Cn1nccc1C(=O)N1CC2(CC(OCC3CCOCC3)CS2)C1. The minimum Gasteiger partial charge on any atom is -0.381 e. The average molecular weight is 351 g/mol. The molecule has 0 saturated carbocycles. The van der Waals surface area contributed by atoms with Crippen LogP contribution in [0.5, 0.6) is 0 Å². The van der Waals surface area contributed by atoms with E-state index in [-0.39, 0.29) is 10.7 Å². The molecule has 132 valence electrons. The first-order valence-corrected chi connectivity index (χ1v) is 9.74. The van der Waals surface area contributed by atoms with Gasteiger partial charge in [0.1, 0.15) is 5.69 Å². The molecule has 24 heavy (non-hydrogen) atoms. The number of hydrogen-bond donors (Lipinski definition) is 0. The van der Waals surface area contributed by atoms with Gasteiger partial charge in [0.05, 0.1) is 10.9 Å². The third-order valence-electron chi connectivity index (χ3n) is 5.37. The molecule has 3 fully saturated rings. The summed E-state index contributed by atoms with van der Waals surface area (Å²) in [5.41, 5.74) is 0.667. The van der Waals surface area contributed by atoms with E-state index >= 15 is 0 Å². The standard InChI is InChI=1S/C17H25N3O3S/c1-19-15(2-5-18-19)16(21)20-11-17(12-20)8-14(10-24-17)23-9-13-3-6-22-7-4-13/h2,5,13-14H,3-4,6-12H2,1H3. The third-order valence-corrected chi connectivity index (χ3v) is 6.94. The molecular formula is C17H25N3O3S. The Bertz CT molecular complexity index is 594. The topological polar surface area (TPSA) is 56.6 Å². The number of aromatic nitrogens is 2. The van der Waals surface area contributed by atoms with E-state index in [1.165, 1.54) is 0 Å². The highest BCUT2D eigenvalue weighted by molar-refractivity contribution is 8.01. The lowest BCUT2D eigenvalue weighted by Gasteiger charge is -2.47. The van der Waals surface area contributed by atoms with Crippen molar-refractivity contribution in [2.75, 3.05) is 38.7 Å². The smallest absolute Gasteiger partial charge is 0.272 e. The number of likely N-dealkylation sites (tertiary alicyclic amines) is 1. The highest BCUT2D eigenvalue weighted by Gasteiger charge is 2.51. The van der Waals surface area contributed by atoms with Crippen molar-refractivity contribution in [2.24, 2.45) is 13.0 Å². The van der Waals surface area contributed by atoms with Crippen LogP contribution < -0.4 is 0 Å². The van der Waals surface area contributed by atoms with Crippen LogP contribution in [0, 0.1) is 5.92 Å². The zero-order valence-electron chi connectivity index (χ0n) is 14.1. The maximum atomic E-state index is 12.5. The molecule has 1 amide bonds. The molecule has 1 unspecified atom stereocenters. The molecule has 0 radical (unpaired) electrons. The Kier molecular flexibility index (Phi) is 4.58. The Morgan fingerprint density at radius 1 is 1.46 bits per heavy atom. The summed E-state index contributed by atoms with van der Waals surface area (Å²) in [6, 6.07) is 1.79. The van der Waals surface area contributed by atoms with Crippen LogP contribution >= 0.6 is 11.8 Å². The molecular weight excluding hydrogens is 326 g/mol. The van der Waals surface area contributed by atoms with Crippen LogP contribution in [0.2, 0.25) is 0 Å². The predicted octanol–water partition coefficient (Wildman–Crippen LogP) is 1.56. The first-order valence-electron chi connectivity index (χ1n) is 8.76. The minimum absolute atomic E-state index is 0.0906. The zero-order valence-corrected chi connectivity index (χ0v) is 15.0. The molecule has 0 N–H and O–H groups in total. The molecule has 4 heterocycles. The predicted molar refractivity (Wildman–Crippen MR) is 92.2 cm³/mol. The minimum atomic E-state index is 0.0906. The number of amides is 1. The highest BCUT2D eigenvalue weighted by Crippen LogP contribution is 2.46. The van der Waals surface area contributed by atoms with Gasteiger partial charge in [-0.05, 0) is 31.2 Å². The second kappa shape index (κ2) is 6.69. The second-order valence-corrected chi connectivity index (χ2v) is 8.70. The number of rotatable bonds is 4. The van der Waals surface area contributed by atoms with E-state index in [2.05, 4.69) is 5.10 Å². The number of ether oxygens (including phenoxy) is 2. The van der Waals surface area contributed by atoms with E-state index in [1.54, 1.807) is 16.9 Å². The number of hydrogen-bond acceptors (Lipinski definition) is 5. The Labute approximate surface area is 146 Å². The first-order chi connectivity index (χ1) is 11.7. The van der Waals surface area contributed by atoms with E-state index in [1.807, 2.05) is 23.7 Å². The molecule has 1 aromatic rings. The molecule has 0 aliphatic carbocycles. The lowest BCUT2D eigenvalue weighted by molar-refractivity contribution is -0.0119. The van der Waals surface area contributed by atoms with Gasteiger partial charge < -0.3 is 14.4 Å². The summed E-state index contributed by atoms with van der Waals surface area (Å²) in [5.74, 6) is 1.80. The molecule has 3 saturated heterocycles. The second-order valence-electron chi connectivity index (χ2n) is 7.21. The third kappa shape index (κ3) is 3.21. The van der Waals surface area contributed by atoms with E-state index in [4.69, 9.17) is 9.47 Å². The van der Waals surface area contributed by atoms with Crippen LogP contribution in [0.1, 0.15) is 29.8 Å². The molecule has 1 aromatic heterocycles. The van der Waals surface area contributed by atoms with Crippen LogP contribution in [0.3, 0.4) is 0 Å². The Balaban J connectivity index is 1.24. The molecule has 6 nitrogen and oxygen atoms in total. The number of carbonyl (C=O) groups excluding carboxylic acids is 1. The van der Waals surface area contributed by atoms with Crippen molar-refractivity contribution in [1.82, 2.24) is 14.7 Å². The molecule has 0 aromatic carbocycles. The molecule has 3 aliphatic rings. The van der Waals surface area contributed by atoms with E-state index in [0.717, 1.165) is 57.9 Å². The molecule has 1 spiro atoms. The average Bonchev–Trinajstić information content (AvgIpc) is 3.18. The van der Waals surface area contributed by atoms with Crippen molar-refractivity contribution < 1.29 is 14.3 Å². The summed E-state index contributed by atoms with van der Waals surface area (Å²) in [6.07, 6.45) is 5.33. The van der Waals surface area contributed by atoms with Crippen molar-refractivity contribution in [3.8, 4) is 0 Å². The van der Waals surface area contributed by atoms with Crippen molar-refractivity contribution in [3.63, 3.8) is 0 Å².